The first-order chi connectivity index (χ1) is 9.74. The highest BCUT2D eigenvalue weighted by molar-refractivity contribution is 5.61. The van der Waals surface area contributed by atoms with Crippen LogP contribution >= 0.6 is 0 Å². The molecule has 104 valence electrons. The van der Waals surface area contributed by atoms with Gasteiger partial charge in [0.25, 0.3) is 0 Å². The molecule has 0 unspecified atom stereocenters. The fourth-order valence-corrected chi connectivity index (χ4v) is 3.42. The summed E-state index contributed by atoms with van der Waals surface area (Å²) in [6, 6.07) is 13.3. The molecule has 0 bridgehead atoms. The summed E-state index contributed by atoms with van der Waals surface area (Å²) in [5.41, 5.74) is 5.52. The predicted molar refractivity (Wildman–Crippen MR) is 83.5 cm³/mol. The highest BCUT2D eigenvalue weighted by atomic mass is 14.9. The Bertz CT molecular complexity index is 594. The Balaban J connectivity index is 1.92. The second-order valence-corrected chi connectivity index (χ2v) is 6.20. The van der Waals surface area contributed by atoms with Gasteiger partial charge in [0.1, 0.15) is 7.05 Å². The quantitative estimate of drug-likeness (QED) is 0.732. The molecule has 0 saturated heterocycles. The molecule has 1 nitrogen and oxygen atoms in total. The normalized spacial score (nSPS) is 15.7. The second-order valence-electron chi connectivity index (χ2n) is 6.20. The molecule has 1 saturated carbocycles. The van der Waals surface area contributed by atoms with E-state index in [0.717, 1.165) is 5.92 Å². The van der Waals surface area contributed by atoms with Crippen molar-refractivity contribution in [3.05, 3.63) is 53.7 Å². The molecule has 0 spiro atoms. The van der Waals surface area contributed by atoms with E-state index in [1.54, 1.807) is 0 Å². The smallest absolute Gasteiger partial charge is 0.201 e. The zero-order valence-electron chi connectivity index (χ0n) is 12.6. The Labute approximate surface area is 122 Å². The minimum atomic E-state index is 0.910. The molecule has 1 fully saturated rings. The van der Waals surface area contributed by atoms with Crippen molar-refractivity contribution in [1.82, 2.24) is 0 Å². The van der Waals surface area contributed by atoms with Crippen LogP contribution in [0.15, 0.2) is 42.6 Å². The molecular weight excluding hydrogens is 242 g/mol. The Hall–Kier alpha value is -1.63. The van der Waals surface area contributed by atoms with Crippen molar-refractivity contribution in [3.8, 4) is 11.3 Å². The third-order valence-corrected chi connectivity index (χ3v) is 4.63. The Kier molecular flexibility index (Phi) is 3.86. The highest BCUT2D eigenvalue weighted by Crippen LogP contribution is 2.29. The molecule has 0 atom stereocenters. The molecule has 1 aliphatic rings. The molecule has 0 radical (unpaired) electrons. The van der Waals surface area contributed by atoms with E-state index >= 15 is 0 Å². The molecular formula is C19H24N+. The minimum Gasteiger partial charge on any atom is -0.201 e. The van der Waals surface area contributed by atoms with Crippen molar-refractivity contribution in [2.75, 3.05) is 0 Å². The molecule has 1 heterocycles. The average Bonchev–Trinajstić information content (AvgIpc) is 2.95. The number of aromatic nitrogens is 1. The van der Waals surface area contributed by atoms with Crippen LogP contribution in [0.2, 0.25) is 0 Å². The lowest BCUT2D eigenvalue weighted by molar-refractivity contribution is -0.660. The summed E-state index contributed by atoms with van der Waals surface area (Å²) in [6.45, 7) is 2.19. The lowest BCUT2D eigenvalue weighted by atomic mass is 9.96. The summed E-state index contributed by atoms with van der Waals surface area (Å²) < 4.78 is 2.24. The fourth-order valence-electron chi connectivity index (χ4n) is 3.42. The van der Waals surface area contributed by atoms with Crippen molar-refractivity contribution in [2.24, 2.45) is 13.0 Å². The van der Waals surface area contributed by atoms with Gasteiger partial charge in [0.05, 0.1) is 0 Å². The highest BCUT2D eigenvalue weighted by Gasteiger charge is 2.18. The van der Waals surface area contributed by atoms with Crippen LogP contribution in [0.1, 0.15) is 36.8 Å². The number of rotatable bonds is 3. The molecule has 2 aromatic rings. The van der Waals surface area contributed by atoms with Gasteiger partial charge in [-0.05, 0) is 36.5 Å². The van der Waals surface area contributed by atoms with Crippen molar-refractivity contribution in [1.29, 1.82) is 0 Å². The Morgan fingerprint density at radius 3 is 2.60 bits per heavy atom. The number of nitrogens with zero attached hydrogens (tertiary/aromatic N) is 1. The first-order valence-corrected chi connectivity index (χ1v) is 7.78. The first-order valence-electron chi connectivity index (χ1n) is 7.78. The van der Waals surface area contributed by atoms with Crippen LogP contribution in [0.5, 0.6) is 0 Å². The monoisotopic (exact) mass is 266 g/mol. The molecule has 0 aliphatic heterocycles. The Morgan fingerprint density at radius 1 is 1.10 bits per heavy atom. The Morgan fingerprint density at radius 2 is 1.85 bits per heavy atom. The van der Waals surface area contributed by atoms with Crippen LogP contribution < -0.4 is 4.57 Å². The zero-order valence-corrected chi connectivity index (χ0v) is 12.6. The maximum Gasteiger partial charge on any atom is 0.212 e. The lowest BCUT2D eigenvalue weighted by Gasteiger charge is -2.10. The molecule has 1 aromatic carbocycles. The standard InChI is InChI=1S/C19H24N/c1-15-7-3-6-10-18(15)19-14-17(11-12-20(19)2)13-16-8-4-5-9-16/h3,6-7,10-12,14,16H,4-5,8-9,13H2,1-2H3/q+1. The van der Waals surface area contributed by atoms with Gasteiger partial charge in [-0.2, -0.15) is 0 Å². The van der Waals surface area contributed by atoms with Crippen LogP contribution in [0, 0.1) is 12.8 Å². The molecule has 20 heavy (non-hydrogen) atoms. The van der Waals surface area contributed by atoms with Crippen molar-refractivity contribution >= 4 is 0 Å². The van der Waals surface area contributed by atoms with Crippen molar-refractivity contribution in [2.45, 2.75) is 39.0 Å². The van der Waals surface area contributed by atoms with Gasteiger partial charge >= 0.3 is 0 Å². The lowest BCUT2D eigenvalue weighted by Crippen LogP contribution is -2.30. The van der Waals surface area contributed by atoms with Crippen molar-refractivity contribution in [3.63, 3.8) is 0 Å². The molecule has 0 N–H and O–H groups in total. The summed E-state index contributed by atoms with van der Waals surface area (Å²) in [4.78, 5) is 0. The summed E-state index contributed by atoms with van der Waals surface area (Å²) in [7, 11) is 2.14. The zero-order chi connectivity index (χ0) is 13.9. The molecule has 1 heteroatoms. The van der Waals surface area contributed by atoms with E-state index in [-0.39, 0.29) is 0 Å². The van der Waals surface area contributed by atoms with E-state index in [1.807, 2.05) is 0 Å². The number of pyridine rings is 1. The fraction of sp³-hybridized carbons (Fsp3) is 0.421. The summed E-state index contributed by atoms with van der Waals surface area (Å²) in [6.07, 6.45) is 9.15. The molecule has 1 aliphatic carbocycles. The maximum absolute atomic E-state index is 2.39. The number of aryl methyl sites for hydroxylation is 2. The second kappa shape index (κ2) is 5.78. The van der Waals surface area contributed by atoms with Gasteiger partial charge in [-0.3, -0.25) is 0 Å². The average molecular weight is 266 g/mol. The number of hydrogen-bond donors (Lipinski definition) is 0. The van der Waals surface area contributed by atoms with Gasteiger partial charge in [-0.15, -0.1) is 0 Å². The van der Waals surface area contributed by atoms with Gasteiger partial charge < -0.3 is 0 Å². The van der Waals surface area contributed by atoms with E-state index < -0.39 is 0 Å². The SMILES string of the molecule is Cc1ccccc1-c1cc(CC2CCCC2)cc[n+]1C. The topological polar surface area (TPSA) is 3.88 Å². The summed E-state index contributed by atoms with van der Waals surface area (Å²) in [5.74, 6) is 0.910. The largest absolute Gasteiger partial charge is 0.212 e. The third kappa shape index (κ3) is 2.77. The summed E-state index contributed by atoms with van der Waals surface area (Å²) in [5, 5.41) is 0. The number of benzene rings is 1. The number of hydrogen-bond acceptors (Lipinski definition) is 0. The van der Waals surface area contributed by atoms with Crippen LogP contribution in [0.3, 0.4) is 0 Å². The molecule has 0 amide bonds. The molecule has 3 rings (SSSR count). The van der Waals surface area contributed by atoms with E-state index in [4.69, 9.17) is 0 Å². The van der Waals surface area contributed by atoms with Crippen molar-refractivity contribution < 1.29 is 4.57 Å². The maximum atomic E-state index is 2.39. The van der Waals surface area contributed by atoms with Gasteiger partial charge in [0.15, 0.2) is 6.20 Å². The van der Waals surface area contributed by atoms with Crippen LogP contribution in [0.4, 0.5) is 0 Å². The van der Waals surface area contributed by atoms with E-state index in [9.17, 15) is 0 Å². The summed E-state index contributed by atoms with van der Waals surface area (Å²) >= 11 is 0. The van der Waals surface area contributed by atoms with Crippen LogP contribution in [-0.4, -0.2) is 0 Å². The van der Waals surface area contributed by atoms with Gasteiger partial charge in [0, 0.05) is 17.7 Å². The predicted octanol–water partition coefficient (Wildman–Crippen LogP) is 4.22. The van der Waals surface area contributed by atoms with E-state index in [1.165, 1.54) is 54.5 Å². The van der Waals surface area contributed by atoms with E-state index in [0.29, 0.717) is 0 Å². The first kappa shape index (κ1) is 13.4. The van der Waals surface area contributed by atoms with Gasteiger partial charge in [0.2, 0.25) is 5.69 Å². The van der Waals surface area contributed by atoms with Gasteiger partial charge in [-0.1, -0.05) is 43.9 Å². The van der Waals surface area contributed by atoms with Crippen LogP contribution in [0.25, 0.3) is 11.3 Å². The van der Waals surface area contributed by atoms with Gasteiger partial charge in [-0.25, -0.2) is 4.57 Å². The minimum absolute atomic E-state index is 0.910. The third-order valence-electron chi connectivity index (χ3n) is 4.63. The van der Waals surface area contributed by atoms with E-state index in [2.05, 4.69) is 61.1 Å². The van der Waals surface area contributed by atoms with Crippen LogP contribution in [-0.2, 0) is 13.5 Å². The molecule has 1 aromatic heterocycles.